The van der Waals surface area contributed by atoms with Gasteiger partial charge in [0.2, 0.25) is 5.82 Å². The summed E-state index contributed by atoms with van der Waals surface area (Å²) in [5, 5.41) is 13.9. The first kappa shape index (κ1) is 17.6. The molecule has 1 aliphatic carbocycles. The van der Waals surface area contributed by atoms with Gasteiger partial charge in [0.05, 0.1) is 5.69 Å². The number of fused-ring (bicyclic) bond motifs is 1. The number of carboxylic acids is 1. The molecule has 1 amide bonds. The minimum Gasteiger partial charge on any atom is -0.480 e. The Morgan fingerprint density at radius 3 is 2.59 bits per heavy atom. The fourth-order valence-electron chi connectivity index (χ4n) is 4.40. The molecule has 1 saturated heterocycles. The molecular weight excluding hydrogens is 351 g/mol. The van der Waals surface area contributed by atoms with Crippen LogP contribution in [-0.4, -0.2) is 48.7 Å². The molecule has 0 bridgehead atoms. The highest BCUT2D eigenvalue weighted by Crippen LogP contribution is 2.40. The maximum Gasteiger partial charge on any atom is 0.326 e. The van der Waals surface area contributed by atoms with Gasteiger partial charge in [0.25, 0.3) is 5.91 Å². The van der Waals surface area contributed by atoms with Crippen LogP contribution < -0.4 is 0 Å². The van der Waals surface area contributed by atoms with E-state index in [4.69, 9.17) is 0 Å². The van der Waals surface area contributed by atoms with Gasteiger partial charge in [-0.05, 0) is 56.4 Å². The third-order valence-electron chi connectivity index (χ3n) is 5.64. The molecule has 2 heterocycles. The SMILES string of the molecule is Cc1nc(C(=O)N2C(C(=O)O)CC3CCCCC32)nn1-c1ccc(F)cc1. The molecular formula is C19H21FN4O3. The molecule has 2 fully saturated rings. The van der Waals surface area contributed by atoms with Crippen LogP contribution in [-0.2, 0) is 4.79 Å². The third-order valence-corrected chi connectivity index (χ3v) is 5.64. The second-order valence-electron chi connectivity index (χ2n) is 7.28. The molecule has 0 radical (unpaired) electrons. The van der Waals surface area contributed by atoms with Crippen molar-refractivity contribution in [1.29, 1.82) is 0 Å². The van der Waals surface area contributed by atoms with Gasteiger partial charge in [0, 0.05) is 6.04 Å². The molecule has 2 aromatic rings. The summed E-state index contributed by atoms with van der Waals surface area (Å²) in [6, 6.07) is 4.84. The highest BCUT2D eigenvalue weighted by molar-refractivity contribution is 5.94. The Morgan fingerprint density at radius 2 is 1.89 bits per heavy atom. The number of halogens is 1. The van der Waals surface area contributed by atoms with Gasteiger partial charge in [-0.3, -0.25) is 4.79 Å². The lowest BCUT2D eigenvalue weighted by atomic mass is 9.85. The average molecular weight is 372 g/mol. The van der Waals surface area contributed by atoms with E-state index in [0.29, 0.717) is 17.9 Å². The van der Waals surface area contributed by atoms with Crippen molar-refractivity contribution in [3.8, 4) is 5.69 Å². The number of hydrogen-bond donors (Lipinski definition) is 1. The first-order chi connectivity index (χ1) is 13.0. The van der Waals surface area contributed by atoms with Crippen molar-refractivity contribution in [2.24, 2.45) is 5.92 Å². The Bertz CT molecular complexity index is 880. The lowest BCUT2D eigenvalue weighted by Gasteiger charge is -2.32. The zero-order valence-electron chi connectivity index (χ0n) is 15.0. The predicted octanol–water partition coefficient (Wildman–Crippen LogP) is 2.57. The Morgan fingerprint density at radius 1 is 1.19 bits per heavy atom. The van der Waals surface area contributed by atoms with Gasteiger partial charge in [-0.2, -0.15) is 0 Å². The summed E-state index contributed by atoms with van der Waals surface area (Å²) in [5.74, 6) is -1.10. The lowest BCUT2D eigenvalue weighted by Crippen LogP contribution is -2.46. The summed E-state index contributed by atoms with van der Waals surface area (Å²) in [6.45, 7) is 1.70. The number of aromatic nitrogens is 3. The largest absolute Gasteiger partial charge is 0.480 e. The van der Waals surface area contributed by atoms with Crippen molar-refractivity contribution < 1.29 is 19.1 Å². The van der Waals surface area contributed by atoms with Crippen molar-refractivity contribution in [2.75, 3.05) is 0 Å². The summed E-state index contributed by atoms with van der Waals surface area (Å²) in [5.41, 5.74) is 0.590. The van der Waals surface area contributed by atoms with E-state index >= 15 is 0 Å². The molecule has 3 unspecified atom stereocenters. The molecule has 1 aliphatic heterocycles. The van der Waals surface area contributed by atoms with Gasteiger partial charge >= 0.3 is 5.97 Å². The van der Waals surface area contributed by atoms with Crippen molar-refractivity contribution in [3.63, 3.8) is 0 Å². The molecule has 1 aromatic carbocycles. The van der Waals surface area contributed by atoms with E-state index in [2.05, 4.69) is 10.1 Å². The van der Waals surface area contributed by atoms with Crippen LogP contribution in [0.1, 0.15) is 48.5 Å². The topological polar surface area (TPSA) is 88.3 Å². The van der Waals surface area contributed by atoms with E-state index in [1.54, 1.807) is 19.1 Å². The van der Waals surface area contributed by atoms with Crippen molar-refractivity contribution in [1.82, 2.24) is 19.7 Å². The van der Waals surface area contributed by atoms with E-state index in [9.17, 15) is 19.1 Å². The number of carbonyl (C=O) groups excluding carboxylic acids is 1. The zero-order chi connectivity index (χ0) is 19.1. The molecule has 0 spiro atoms. The first-order valence-corrected chi connectivity index (χ1v) is 9.21. The van der Waals surface area contributed by atoms with Crippen LogP contribution in [0.2, 0.25) is 0 Å². The number of hydrogen-bond acceptors (Lipinski definition) is 4. The third kappa shape index (κ3) is 3.09. The van der Waals surface area contributed by atoms with E-state index in [1.807, 2.05) is 0 Å². The highest BCUT2D eigenvalue weighted by Gasteiger charge is 2.48. The van der Waals surface area contributed by atoms with E-state index < -0.39 is 17.9 Å². The van der Waals surface area contributed by atoms with Crippen LogP contribution in [0.25, 0.3) is 5.69 Å². The Balaban J connectivity index is 1.66. The first-order valence-electron chi connectivity index (χ1n) is 9.21. The summed E-state index contributed by atoms with van der Waals surface area (Å²) in [4.78, 5) is 30.6. The van der Waals surface area contributed by atoms with Gasteiger partial charge in [-0.1, -0.05) is 12.8 Å². The number of rotatable bonds is 3. The summed E-state index contributed by atoms with van der Waals surface area (Å²) in [6.07, 6.45) is 4.33. The van der Waals surface area contributed by atoms with Gasteiger partial charge in [0.15, 0.2) is 0 Å². The van der Waals surface area contributed by atoms with Crippen LogP contribution in [0, 0.1) is 18.7 Å². The Hall–Kier alpha value is -2.77. The number of amides is 1. The number of carboxylic acid groups (broad SMARTS) is 1. The number of nitrogens with zero attached hydrogens (tertiary/aromatic N) is 4. The van der Waals surface area contributed by atoms with Crippen molar-refractivity contribution in [2.45, 2.75) is 51.1 Å². The normalized spacial score (nSPS) is 24.7. The standard InChI is InChI=1S/C19H21FN4O3/c1-11-21-17(22-24(11)14-8-6-13(20)7-9-14)18(25)23-15-5-3-2-4-12(15)10-16(23)19(26)27/h6-9,12,15-16H,2-5,10H2,1H3,(H,26,27). The van der Waals surface area contributed by atoms with Crippen LogP contribution in [0.4, 0.5) is 4.39 Å². The molecule has 4 rings (SSSR count). The summed E-state index contributed by atoms with van der Waals surface area (Å²) < 4.78 is 14.6. The monoisotopic (exact) mass is 372 g/mol. The van der Waals surface area contributed by atoms with Gasteiger partial charge < -0.3 is 10.0 Å². The Kier molecular flexibility index (Phi) is 4.41. The number of carbonyl (C=O) groups is 2. The van der Waals surface area contributed by atoms with Gasteiger partial charge in [-0.15, -0.1) is 5.10 Å². The number of likely N-dealkylation sites (tertiary alicyclic amines) is 1. The molecule has 8 heteroatoms. The zero-order valence-corrected chi connectivity index (χ0v) is 15.0. The summed E-state index contributed by atoms with van der Waals surface area (Å²) >= 11 is 0. The Labute approximate surface area is 155 Å². The van der Waals surface area contributed by atoms with E-state index in [0.717, 1.165) is 25.7 Å². The van der Waals surface area contributed by atoms with Crippen molar-refractivity contribution >= 4 is 11.9 Å². The molecule has 1 saturated carbocycles. The van der Waals surface area contributed by atoms with Crippen LogP contribution >= 0.6 is 0 Å². The van der Waals surface area contributed by atoms with Crippen LogP contribution in [0.15, 0.2) is 24.3 Å². The quantitative estimate of drug-likeness (QED) is 0.895. The van der Waals surface area contributed by atoms with E-state index in [-0.39, 0.29) is 23.6 Å². The lowest BCUT2D eigenvalue weighted by molar-refractivity contribution is -0.141. The molecule has 2 aliphatic rings. The molecule has 3 atom stereocenters. The predicted molar refractivity (Wildman–Crippen MR) is 94.0 cm³/mol. The van der Waals surface area contributed by atoms with Gasteiger partial charge in [0.1, 0.15) is 17.7 Å². The van der Waals surface area contributed by atoms with Crippen LogP contribution in [0.3, 0.4) is 0 Å². The highest BCUT2D eigenvalue weighted by atomic mass is 19.1. The smallest absolute Gasteiger partial charge is 0.326 e. The second kappa shape index (κ2) is 6.75. The maximum absolute atomic E-state index is 13.2. The number of aliphatic carboxylic acids is 1. The maximum atomic E-state index is 13.2. The molecule has 1 aromatic heterocycles. The fraction of sp³-hybridized carbons (Fsp3) is 0.474. The molecule has 1 N–H and O–H groups in total. The van der Waals surface area contributed by atoms with E-state index in [1.165, 1.54) is 21.7 Å². The minimum absolute atomic E-state index is 0.0192. The number of benzene rings is 1. The van der Waals surface area contributed by atoms with Crippen molar-refractivity contribution in [3.05, 3.63) is 41.7 Å². The molecule has 142 valence electrons. The average Bonchev–Trinajstić information content (AvgIpc) is 3.23. The van der Waals surface area contributed by atoms with Gasteiger partial charge in [-0.25, -0.2) is 18.9 Å². The van der Waals surface area contributed by atoms with Crippen LogP contribution in [0.5, 0.6) is 0 Å². The minimum atomic E-state index is -0.979. The molecule has 27 heavy (non-hydrogen) atoms. The molecule has 7 nitrogen and oxygen atoms in total. The fourth-order valence-corrected chi connectivity index (χ4v) is 4.40. The number of aryl methyl sites for hydroxylation is 1. The second-order valence-corrected chi connectivity index (χ2v) is 7.28. The summed E-state index contributed by atoms with van der Waals surface area (Å²) in [7, 11) is 0.